The molecule has 242 valence electrons. The largest absolute Gasteiger partial charge is 0.309 e. The minimum Gasteiger partial charge on any atom is -0.309 e. The number of halogens is 1. The van der Waals surface area contributed by atoms with E-state index in [2.05, 4.69) is 18.2 Å². The van der Waals surface area contributed by atoms with Crippen LogP contribution < -0.4 is 15.9 Å². The molecule has 8 aromatic rings. The van der Waals surface area contributed by atoms with Gasteiger partial charge in [-0.05, 0) is 82.6 Å². The van der Waals surface area contributed by atoms with Crippen LogP contribution in [0.5, 0.6) is 0 Å². The normalized spacial score (nSPS) is 11.3. The van der Waals surface area contributed by atoms with Crippen LogP contribution in [0.1, 0.15) is 5.56 Å². The Hall–Kier alpha value is -6.54. The first-order valence-corrected chi connectivity index (χ1v) is 18.1. The third-order valence-electron chi connectivity index (χ3n) is 8.94. The molecule has 0 amide bonds. The van der Waals surface area contributed by atoms with Crippen LogP contribution in [0.25, 0.3) is 56.1 Å². The highest BCUT2D eigenvalue weighted by Gasteiger charge is 2.30. The molecule has 0 unspecified atom stereocenters. The Morgan fingerprint density at radius 2 is 0.961 bits per heavy atom. The molecular weight excluding hydrogens is 650 g/mol. The number of hydrogen-bond donors (Lipinski definition) is 0. The van der Waals surface area contributed by atoms with Crippen LogP contribution in [0.2, 0.25) is 0 Å². The molecule has 7 heteroatoms. The Kier molecular flexibility index (Phi) is 8.33. The Balaban J connectivity index is 1.29. The fourth-order valence-electron chi connectivity index (χ4n) is 6.39. The van der Waals surface area contributed by atoms with Gasteiger partial charge in [-0.25, -0.2) is 19.3 Å². The van der Waals surface area contributed by atoms with E-state index >= 15 is 4.57 Å². The predicted octanol–water partition coefficient (Wildman–Crippen LogP) is 9.34. The van der Waals surface area contributed by atoms with Crippen molar-refractivity contribution in [1.82, 2.24) is 15.0 Å². The molecule has 51 heavy (non-hydrogen) atoms. The molecule has 0 fully saturated rings. The minimum atomic E-state index is -3.19. The van der Waals surface area contributed by atoms with E-state index < -0.39 is 7.14 Å². The van der Waals surface area contributed by atoms with Crippen molar-refractivity contribution in [1.29, 1.82) is 5.26 Å². The second-order valence-electron chi connectivity index (χ2n) is 12.0. The van der Waals surface area contributed by atoms with E-state index in [0.29, 0.717) is 28.6 Å². The van der Waals surface area contributed by atoms with Crippen molar-refractivity contribution in [2.24, 2.45) is 0 Å². The molecule has 0 aliphatic carbocycles. The minimum absolute atomic E-state index is 0.352. The van der Waals surface area contributed by atoms with Gasteiger partial charge in [0.2, 0.25) is 0 Å². The SMILES string of the molecule is N#Cc1ccc(-c2nc(-c3ccc(F)cc3)nc(-c3ccc(-c4cccc(P(=O)(c5ccccc5)c5ccccc5)c4)c4ccccc34)n2)cc1. The van der Waals surface area contributed by atoms with E-state index in [0.717, 1.165) is 48.9 Å². The van der Waals surface area contributed by atoms with Gasteiger partial charge in [-0.15, -0.1) is 0 Å². The van der Waals surface area contributed by atoms with Gasteiger partial charge in [0, 0.05) is 32.6 Å². The highest BCUT2D eigenvalue weighted by atomic mass is 31.2. The van der Waals surface area contributed by atoms with Gasteiger partial charge in [-0.1, -0.05) is 109 Å². The van der Waals surface area contributed by atoms with Crippen molar-refractivity contribution in [2.75, 3.05) is 0 Å². The molecule has 0 N–H and O–H groups in total. The van der Waals surface area contributed by atoms with Gasteiger partial charge in [0.15, 0.2) is 24.6 Å². The fourth-order valence-corrected chi connectivity index (χ4v) is 9.08. The third kappa shape index (κ3) is 6.01. The summed E-state index contributed by atoms with van der Waals surface area (Å²) in [7, 11) is -3.19. The van der Waals surface area contributed by atoms with Gasteiger partial charge in [0.25, 0.3) is 0 Å². The highest BCUT2D eigenvalue weighted by molar-refractivity contribution is 7.85. The summed E-state index contributed by atoms with van der Waals surface area (Å²) in [6.45, 7) is 0. The molecule has 0 spiro atoms. The van der Waals surface area contributed by atoms with E-state index in [1.807, 2.05) is 121 Å². The van der Waals surface area contributed by atoms with E-state index in [9.17, 15) is 9.65 Å². The van der Waals surface area contributed by atoms with Crippen LogP contribution in [0, 0.1) is 17.1 Å². The van der Waals surface area contributed by atoms with Gasteiger partial charge < -0.3 is 4.57 Å². The van der Waals surface area contributed by atoms with Crippen molar-refractivity contribution in [3.8, 4) is 51.4 Å². The smallest absolute Gasteiger partial charge is 0.171 e. The third-order valence-corrected chi connectivity index (χ3v) is 12.0. The maximum absolute atomic E-state index is 15.2. The second-order valence-corrected chi connectivity index (χ2v) is 14.8. The van der Waals surface area contributed by atoms with Crippen LogP contribution in [-0.4, -0.2) is 15.0 Å². The first kappa shape index (κ1) is 31.7. The standard InChI is InChI=1S/C44H28FN4OP/c45-34-24-22-32(23-25-34)43-47-42(31-20-18-30(29-46)19-21-31)48-44(49-43)41-27-26-38(39-16-7-8-17-40(39)41)33-10-9-15-37(28-33)51(50,35-11-3-1-4-12-35)36-13-5-2-6-14-36/h1-28H. The van der Waals surface area contributed by atoms with E-state index in [-0.39, 0.29) is 5.82 Å². The van der Waals surface area contributed by atoms with Gasteiger partial charge in [-0.3, -0.25) is 0 Å². The molecule has 1 heterocycles. The molecule has 0 aliphatic rings. The zero-order valence-corrected chi connectivity index (χ0v) is 28.1. The first-order chi connectivity index (χ1) is 25.0. The van der Waals surface area contributed by atoms with E-state index in [1.54, 1.807) is 24.3 Å². The van der Waals surface area contributed by atoms with E-state index in [1.165, 1.54) is 12.1 Å². The Bertz CT molecular complexity index is 2580. The van der Waals surface area contributed by atoms with Crippen molar-refractivity contribution in [3.05, 3.63) is 181 Å². The van der Waals surface area contributed by atoms with Crippen LogP contribution >= 0.6 is 7.14 Å². The zero-order valence-electron chi connectivity index (χ0n) is 27.2. The monoisotopic (exact) mass is 678 g/mol. The topological polar surface area (TPSA) is 79.5 Å². The highest BCUT2D eigenvalue weighted by Crippen LogP contribution is 2.44. The average Bonchev–Trinajstić information content (AvgIpc) is 3.21. The molecule has 7 aromatic carbocycles. The first-order valence-electron chi connectivity index (χ1n) is 16.4. The Labute approximate surface area is 294 Å². The second kappa shape index (κ2) is 13.4. The lowest BCUT2D eigenvalue weighted by Crippen LogP contribution is -2.25. The summed E-state index contributed by atoms with van der Waals surface area (Å²) in [5.74, 6) is 0.938. The molecule has 0 saturated carbocycles. The molecule has 5 nitrogen and oxygen atoms in total. The number of benzene rings is 7. The van der Waals surface area contributed by atoms with Crippen molar-refractivity contribution < 1.29 is 8.96 Å². The quantitative estimate of drug-likeness (QED) is 0.157. The summed E-state index contributed by atoms with van der Waals surface area (Å²) in [5, 5.41) is 13.5. The number of nitrogens with zero attached hydrogens (tertiary/aromatic N) is 4. The molecule has 0 bridgehead atoms. The van der Waals surface area contributed by atoms with Crippen LogP contribution in [0.4, 0.5) is 4.39 Å². The molecule has 8 rings (SSSR count). The number of aromatic nitrogens is 3. The van der Waals surface area contributed by atoms with E-state index in [4.69, 9.17) is 15.0 Å². The number of hydrogen-bond acceptors (Lipinski definition) is 5. The molecule has 0 radical (unpaired) electrons. The van der Waals surface area contributed by atoms with Crippen molar-refractivity contribution in [2.45, 2.75) is 0 Å². The lowest BCUT2D eigenvalue weighted by Gasteiger charge is -2.21. The lowest BCUT2D eigenvalue weighted by atomic mass is 9.94. The summed E-state index contributed by atoms with van der Waals surface area (Å²) in [6, 6.07) is 54.8. The van der Waals surface area contributed by atoms with Crippen molar-refractivity contribution in [3.63, 3.8) is 0 Å². The Morgan fingerprint density at radius 1 is 0.471 bits per heavy atom. The fraction of sp³-hybridized carbons (Fsp3) is 0. The summed E-state index contributed by atoms with van der Waals surface area (Å²) >= 11 is 0. The average molecular weight is 679 g/mol. The molecular formula is C44H28FN4OP. The summed E-state index contributed by atoms with van der Waals surface area (Å²) in [4.78, 5) is 14.6. The predicted molar refractivity (Wildman–Crippen MR) is 203 cm³/mol. The lowest BCUT2D eigenvalue weighted by molar-refractivity contribution is 0.592. The van der Waals surface area contributed by atoms with Crippen LogP contribution in [0.3, 0.4) is 0 Å². The summed E-state index contributed by atoms with van der Waals surface area (Å²) in [6.07, 6.45) is 0. The van der Waals surface area contributed by atoms with Gasteiger partial charge in [0.05, 0.1) is 11.6 Å². The number of fused-ring (bicyclic) bond motifs is 1. The Morgan fingerprint density at radius 3 is 1.55 bits per heavy atom. The van der Waals surface area contributed by atoms with Gasteiger partial charge >= 0.3 is 0 Å². The number of rotatable bonds is 7. The van der Waals surface area contributed by atoms with Gasteiger partial charge in [-0.2, -0.15) is 5.26 Å². The zero-order chi connectivity index (χ0) is 34.8. The maximum Gasteiger partial charge on any atom is 0.171 e. The van der Waals surface area contributed by atoms with Crippen LogP contribution in [0.15, 0.2) is 170 Å². The van der Waals surface area contributed by atoms with Crippen LogP contribution in [-0.2, 0) is 4.57 Å². The maximum atomic E-state index is 15.2. The molecule has 0 saturated heterocycles. The molecule has 1 aromatic heterocycles. The van der Waals surface area contributed by atoms with Crippen molar-refractivity contribution >= 4 is 33.8 Å². The molecule has 0 aliphatic heterocycles. The number of nitriles is 1. The summed E-state index contributed by atoms with van der Waals surface area (Å²) < 4.78 is 29.1. The summed E-state index contributed by atoms with van der Waals surface area (Å²) in [5.41, 5.74) is 4.60. The molecule has 0 atom stereocenters. The van der Waals surface area contributed by atoms with Gasteiger partial charge in [0.1, 0.15) is 5.82 Å².